The zero-order valence-corrected chi connectivity index (χ0v) is 22.2. The minimum absolute atomic E-state index is 0.00144. The van der Waals surface area contributed by atoms with E-state index in [1.165, 1.54) is 0 Å². The van der Waals surface area contributed by atoms with Gasteiger partial charge in [0.15, 0.2) is 6.61 Å². The Hall–Kier alpha value is -3.70. The third-order valence-electron chi connectivity index (χ3n) is 5.64. The molecule has 0 bridgehead atoms. The number of hydrogen-bond acceptors (Lipinski definition) is 5. The molecule has 0 aliphatic rings. The van der Waals surface area contributed by atoms with Crippen molar-refractivity contribution in [2.24, 2.45) is 5.92 Å². The van der Waals surface area contributed by atoms with E-state index in [1.807, 2.05) is 42.5 Å². The number of hydrogen-bond donors (Lipinski definition) is 2. The summed E-state index contributed by atoms with van der Waals surface area (Å²) in [4.78, 5) is 24.7. The molecule has 0 heterocycles. The van der Waals surface area contributed by atoms with Gasteiger partial charge in [-0.25, -0.2) is 8.42 Å². The van der Waals surface area contributed by atoms with Gasteiger partial charge in [-0.2, -0.15) is 17.9 Å². The molecular formula is C28H29F3N2O5S. The zero-order chi connectivity index (χ0) is 28.6. The van der Waals surface area contributed by atoms with E-state index < -0.39 is 51.2 Å². The Balaban J connectivity index is 1.67. The molecule has 7 nitrogen and oxygen atoms in total. The van der Waals surface area contributed by atoms with E-state index in [9.17, 15) is 31.2 Å². The number of rotatable bonds is 11. The number of ether oxygens (including phenoxy) is 1. The van der Waals surface area contributed by atoms with Crippen LogP contribution in [-0.2, 0) is 36.9 Å². The van der Waals surface area contributed by atoms with Crippen molar-refractivity contribution in [2.75, 3.05) is 11.9 Å². The minimum Gasteiger partial charge on any atom is -0.454 e. The fourth-order valence-electron chi connectivity index (χ4n) is 3.79. The molecule has 1 unspecified atom stereocenters. The first-order valence-electron chi connectivity index (χ1n) is 12.1. The summed E-state index contributed by atoms with van der Waals surface area (Å²) in [6.07, 6.45) is -4.18. The highest BCUT2D eigenvalue weighted by Crippen LogP contribution is 2.30. The van der Waals surface area contributed by atoms with Gasteiger partial charge in [-0.1, -0.05) is 68.4 Å². The Kier molecular flexibility index (Phi) is 9.87. The van der Waals surface area contributed by atoms with Crippen LogP contribution in [0.5, 0.6) is 0 Å². The van der Waals surface area contributed by atoms with Crippen molar-refractivity contribution in [1.82, 2.24) is 4.72 Å². The number of sulfonamides is 1. The normalized spacial score (nSPS) is 12.7. The van der Waals surface area contributed by atoms with E-state index in [0.29, 0.717) is 18.2 Å². The summed E-state index contributed by atoms with van der Waals surface area (Å²) in [6, 6.07) is 18.6. The quantitative estimate of drug-likeness (QED) is 0.314. The Morgan fingerprint density at radius 3 is 2.26 bits per heavy atom. The molecule has 0 radical (unpaired) electrons. The highest BCUT2D eigenvalue weighted by atomic mass is 32.2. The molecule has 0 saturated carbocycles. The fraction of sp³-hybridized carbons (Fsp3) is 0.286. The summed E-state index contributed by atoms with van der Waals surface area (Å²) in [5, 5.41) is 2.70. The molecule has 1 atom stereocenters. The van der Waals surface area contributed by atoms with Crippen LogP contribution in [0.1, 0.15) is 37.0 Å². The molecule has 0 fully saturated rings. The molecule has 1 amide bonds. The monoisotopic (exact) mass is 562 g/mol. The average Bonchev–Trinajstić information content (AvgIpc) is 2.88. The Bertz CT molecular complexity index is 1390. The maximum Gasteiger partial charge on any atom is 0.416 e. The van der Waals surface area contributed by atoms with Gasteiger partial charge in [0.1, 0.15) is 6.04 Å². The number of halogens is 3. The van der Waals surface area contributed by atoms with Gasteiger partial charge < -0.3 is 10.1 Å². The van der Waals surface area contributed by atoms with E-state index in [2.05, 4.69) is 10.0 Å². The van der Waals surface area contributed by atoms with Crippen molar-refractivity contribution < 1.29 is 35.9 Å². The lowest BCUT2D eigenvalue weighted by atomic mass is 10.0. The lowest BCUT2D eigenvalue weighted by Crippen LogP contribution is -2.43. The van der Waals surface area contributed by atoms with Crippen molar-refractivity contribution in [2.45, 2.75) is 43.8 Å². The highest BCUT2D eigenvalue weighted by Gasteiger charge is 2.33. The first kappa shape index (κ1) is 29.9. The second kappa shape index (κ2) is 12.9. The topological polar surface area (TPSA) is 102 Å². The van der Waals surface area contributed by atoms with Crippen molar-refractivity contribution >= 4 is 27.6 Å². The van der Waals surface area contributed by atoms with Crippen LogP contribution in [0.4, 0.5) is 18.9 Å². The molecule has 208 valence electrons. The van der Waals surface area contributed by atoms with E-state index in [1.54, 1.807) is 26.0 Å². The first-order valence-corrected chi connectivity index (χ1v) is 13.6. The van der Waals surface area contributed by atoms with Crippen molar-refractivity contribution in [1.29, 1.82) is 0 Å². The SMILES string of the molecule is CC(C)CC(NS(=O)(=O)c1cccc(C(F)(F)F)c1)C(=O)OCC(=O)Nc1ccccc1Cc1ccccc1. The molecule has 2 N–H and O–H groups in total. The number of anilines is 1. The average molecular weight is 563 g/mol. The van der Waals surface area contributed by atoms with Crippen LogP contribution in [-0.4, -0.2) is 32.9 Å². The third kappa shape index (κ3) is 8.93. The molecule has 3 rings (SSSR count). The van der Waals surface area contributed by atoms with Gasteiger partial charge in [-0.3, -0.25) is 9.59 Å². The van der Waals surface area contributed by atoms with Crippen LogP contribution >= 0.6 is 0 Å². The van der Waals surface area contributed by atoms with Gasteiger partial charge in [0.05, 0.1) is 10.5 Å². The standard InChI is InChI=1S/C28H29F3N2O5S/c1-19(2)15-25(33-39(36,37)23-13-8-12-22(17-23)28(29,30)31)27(35)38-18-26(34)32-24-14-7-6-11-21(24)16-20-9-4-3-5-10-20/h3-14,17,19,25,33H,15-16,18H2,1-2H3,(H,32,34). The molecule has 0 spiro atoms. The van der Waals surface area contributed by atoms with Crippen molar-refractivity contribution in [3.05, 3.63) is 95.6 Å². The number of alkyl halides is 3. The summed E-state index contributed by atoms with van der Waals surface area (Å²) in [7, 11) is -4.51. The smallest absolute Gasteiger partial charge is 0.416 e. The van der Waals surface area contributed by atoms with E-state index >= 15 is 0 Å². The largest absolute Gasteiger partial charge is 0.454 e. The van der Waals surface area contributed by atoms with Crippen LogP contribution in [0.2, 0.25) is 0 Å². The van der Waals surface area contributed by atoms with E-state index in [4.69, 9.17) is 4.74 Å². The zero-order valence-electron chi connectivity index (χ0n) is 21.4. The summed E-state index contributed by atoms with van der Waals surface area (Å²) < 4.78 is 72.0. The molecule has 0 aliphatic heterocycles. The van der Waals surface area contributed by atoms with Gasteiger partial charge in [0, 0.05) is 5.69 Å². The predicted molar refractivity (Wildman–Crippen MR) is 140 cm³/mol. The maximum absolute atomic E-state index is 13.1. The van der Waals surface area contributed by atoms with Crippen LogP contribution in [0.3, 0.4) is 0 Å². The number of benzene rings is 3. The van der Waals surface area contributed by atoms with Crippen LogP contribution in [0.15, 0.2) is 83.8 Å². The lowest BCUT2D eigenvalue weighted by molar-refractivity contribution is -0.149. The fourth-order valence-corrected chi connectivity index (χ4v) is 5.04. The van der Waals surface area contributed by atoms with Crippen LogP contribution < -0.4 is 10.0 Å². The molecule has 11 heteroatoms. The summed E-state index contributed by atoms with van der Waals surface area (Å²) >= 11 is 0. The Labute approximate surface area is 225 Å². The number of nitrogens with one attached hydrogen (secondary N) is 2. The van der Waals surface area contributed by atoms with Gasteiger partial charge >= 0.3 is 12.1 Å². The van der Waals surface area contributed by atoms with E-state index in [0.717, 1.165) is 29.3 Å². The van der Waals surface area contributed by atoms with E-state index in [-0.39, 0.29) is 12.3 Å². The van der Waals surface area contributed by atoms with Crippen molar-refractivity contribution in [3.63, 3.8) is 0 Å². The predicted octanol–water partition coefficient (Wildman–Crippen LogP) is 5.17. The maximum atomic E-state index is 13.1. The van der Waals surface area contributed by atoms with Gasteiger partial charge in [0.2, 0.25) is 10.0 Å². The summed E-state index contributed by atoms with van der Waals surface area (Å²) in [5.74, 6) is -1.83. The molecule has 3 aromatic rings. The lowest BCUT2D eigenvalue weighted by Gasteiger charge is -2.20. The van der Waals surface area contributed by atoms with Gasteiger partial charge in [-0.15, -0.1) is 0 Å². The molecule has 0 aliphatic carbocycles. The molecule has 39 heavy (non-hydrogen) atoms. The molecular weight excluding hydrogens is 533 g/mol. The third-order valence-corrected chi connectivity index (χ3v) is 7.10. The Morgan fingerprint density at radius 1 is 0.923 bits per heavy atom. The Morgan fingerprint density at radius 2 is 1.59 bits per heavy atom. The number of amides is 1. The number of para-hydroxylation sites is 1. The van der Waals surface area contributed by atoms with Crippen molar-refractivity contribution in [3.8, 4) is 0 Å². The molecule has 0 aromatic heterocycles. The second-order valence-corrected chi connectivity index (χ2v) is 11.0. The van der Waals surface area contributed by atoms with Crippen LogP contribution in [0.25, 0.3) is 0 Å². The molecule has 3 aromatic carbocycles. The van der Waals surface area contributed by atoms with Crippen LogP contribution in [0, 0.1) is 5.92 Å². The van der Waals surface area contributed by atoms with Gasteiger partial charge in [0.25, 0.3) is 5.91 Å². The number of carbonyl (C=O) groups excluding carboxylic acids is 2. The first-order chi connectivity index (χ1) is 18.3. The summed E-state index contributed by atoms with van der Waals surface area (Å²) in [6.45, 7) is 2.78. The van der Waals surface area contributed by atoms with Gasteiger partial charge in [-0.05, 0) is 54.2 Å². The number of carbonyl (C=O) groups is 2. The summed E-state index contributed by atoms with van der Waals surface area (Å²) in [5.41, 5.74) is 1.27. The molecule has 0 saturated heterocycles. The minimum atomic E-state index is -4.74. The highest BCUT2D eigenvalue weighted by molar-refractivity contribution is 7.89. The second-order valence-electron chi connectivity index (χ2n) is 9.30. The number of esters is 1.